The minimum Gasteiger partial charge on any atom is -0.497 e. The van der Waals surface area contributed by atoms with E-state index in [0.717, 1.165) is 16.4 Å². The largest absolute Gasteiger partial charge is 0.497 e. The van der Waals surface area contributed by atoms with Crippen LogP contribution in [0.1, 0.15) is 13.8 Å². The Kier molecular flexibility index (Phi) is 5.65. The Balaban J connectivity index is 2.36. The van der Waals surface area contributed by atoms with Gasteiger partial charge in [-0.15, -0.1) is 4.41 Å². The highest BCUT2D eigenvalue weighted by molar-refractivity contribution is 8.00. The molecule has 0 saturated carbocycles. The number of hydrazine groups is 1. The molecule has 5 nitrogen and oxygen atoms in total. The van der Waals surface area contributed by atoms with Crippen LogP contribution in [0.5, 0.6) is 5.75 Å². The number of halogens is 3. The summed E-state index contributed by atoms with van der Waals surface area (Å²) in [6.07, 6.45) is -0.545. The van der Waals surface area contributed by atoms with Crippen LogP contribution in [0.2, 0.25) is 0 Å². The Morgan fingerprint density at radius 1 is 1.27 bits per heavy atom. The molecule has 122 valence electrons. The lowest BCUT2D eigenvalue weighted by Crippen LogP contribution is -2.41. The summed E-state index contributed by atoms with van der Waals surface area (Å²) >= 11 is 12.3. The Hall–Kier alpha value is -0.890. The molecule has 1 aromatic rings. The molecule has 2 rings (SSSR count). The number of rotatable bonds is 5. The molecule has 0 radical (unpaired) electrons. The highest BCUT2D eigenvalue weighted by atomic mass is 35.5. The van der Waals surface area contributed by atoms with Crippen molar-refractivity contribution in [1.82, 2.24) is 9.65 Å². The second-order valence-electron chi connectivity index (χ2n) is 4.94. The van der Waals surface area contributed by atoms with Crippen LogP contribution < -0.4 is 9.64 Å². The van der Waals surface area contributed by atoms with Gasteiger partial charge in [0.2, 0.25) is 0 Å². The van der Waals surface area contributed by atoms with Gasteiger partial charge in [0.15, 0.2) is 4.17 Å². The smallest absolute Gasteiger partial charge is 0.370 e. The minimum absolute atomic E-state index is 0.0390. The van der Waals surface area contributed by atoms with E-state index in [2.05, 4.69) is 0 Å². The number of nitrogens with zero attached hydrogens (tertiary/aromatic N) is 3. The van der Waals surface area contributed by atoms with Gasteiger partial charge in [0.25, 0.3) is 0 Å². The average molecular weight is 368 g/mol. The number of methoxy groups -OCH3 is 1. The van der Waals surface area contributed by atoms with Gasteiger partial charge < -0.3 is 4.74 Å². The van der Waals surface area contributed by atoms with Gasteiger partial charge in [0.05, 0.1) is 7.11 Å². The highest BCUT2D eigenvalue weighted by Gasteiger charge is 2.48. The van der Waals surface area contributed by atoms with Crippen LogP contribution in [0.15, 0.2) is 24.3 Å². The van der Waals surface area contributed by atoms with E-state index in [0.29, 0.717) is 11.4 Å². The Bertz CT molecular complexity index is 533. The molecular weight excluding hydrogens is 352 g/mol. The fraction of sp³-hybridized carbons (Fsp3) is 0.462. The summed E-state index contributed by atoms with van der Waals surface area (Å²) in [7, 11) is 1.55. The van der Waals surface area contributed by atoms with Gasteiger partial charge in [-0.3, -0.25) is 4.90 Å². The van der Waals surface area contributed by atoms with Crippen LogP contribution in [-0.2, 0) is 0 Å². The number of hydrogen-bond acceptors (Lipinski definition) is 4. The van der Waals surface area contributed by atoms with Gasteiger partial charge in [-0.25, -0.2) is 4.79 Å². The Morgan fingerprint density at radius 3 is 2.32 bits per heavy atom. The maximum absolute atomic E-state index is 14.2. The van der Waals surface area contributed by atoms with E-state index < -0.39 is 16.4 Å². The van der Waals surface area contributed by atoms with Crippen molar-refractivity contribution in [2.75, 3.05) is 12.0 Å². The summed E-state index contributed by atoms with van der Waals surface area (Å²) in [4.78, 5) is 13.6. The molecule has 0 aromatic heterocycles. The Labute approximate surface area is 142 Å². The van der Waals surface area contributed by atoms with Crippen molar-refractivity contribution in [2.24, 2.45) is 5.92 Å². The maximum Gasteiger partial charge on any atom is 0.370 e. The zero-order chi connectivity index (χ0) is 16.4. The first-order chi connectivity index (χ1) is 10.4. The number of amides is 2. The van der Waals surface area contributed by atoms with E-state index in [-0.39, 0.29) is 11.1 Å². The Morgan fingerprint density at radius 2 is 1.86 bits per heavy atom. The zero-order valence-corrected chi connectivity index (χ0v) is 14.6. The molecule has 1 aromatic carbocycles. The first-order valence-corrected chi connectivity index (χ1v) is 8.25. The summed E-state index contributed by atoms with van der Waals surface area (Å²) in [6.45, 7) is 3.78. The normalized spacial score (nSPS) is 19.6. The number of benzene rings is 1. The van der Waals surface area contributed by atoms with Crippen LogP contribution in [0.25, 0.3) is 0 Å². The minimum atomic E-state index is -0.886. The van der Waals surface area contributed by atoms with Gasteiger partial charge in [0, 0.05) is 5.69 Å². The number of ether oxygens (including phenoxy) is 1. The lowest BCUT2D eigenvalue weighted by molar-refractivity contribution is -0.0519. The van der Waals surface area contributed by atoms with Gasteiger partial charge in [0.1, 0.15) is 11.9 Å². The highest BCUT2D eigenvalue weighted by Crippen LogP contribution is 2.39. The zero-order valence-electron chi connectivity index (χ0n) is 12.2. The van der Waals surface area contributed by atoms with Crippen LogP contribution in [-0.4, -0.2) is 33.1 Å². The number of urea groups is 1. The van der Waals surface area contributed by atoms with E-state index in [4.69, 9.17) is 27.9 Å². The van der Waals surface area contributed by atoms with Crippen LogP contribution in [0.4, 0.5) is 15.0 Å². The molecule has 1 aliphatic rings. The van der Waals surface area contributed by atoms with Crippen molar-refractivity contribution in [3.8, 4) is 5.75 Å². The molecule has 0 aliphatic carbocycles. The van der Waals surface area contributed by atoms with E-state index in [9.17, 15) is 9.28 Å². The van der Waals surface area contributed by atoms with Crippen molar-refractivity contribution < 1.29 is 14.0 Å². The number of carbonyl (C=O) groups is 1. The first-order valence-electron chi connectivity index (χ1n) is 6.54. The molecule has 0 N–H and O–H groups in total. The third-order valence-electron chi connectivity index (χ3n) is 3.16. The number of anilines is 1. The first kappa shape index (κ1) is 17.5. The van der Waals surface area contributed by atoms with Crippen LogP contribution in [0, 0.1) is 5.92 Å². The molecule has 2 amide bonds. The van der Waals surface area contributed by atoms with E-state index in [1.54, 1.807) is 31.4 Å². The third kappa shape index (κ3) is 3.37. The second-order valence-corrected chi connectivity index (χ2v) is 7.61. The summed E-state index contributed by atoms with van der Waals surface area (Å²) < 4.78 is 19.6. The van der Waals surface area contributed by atoms with Crippen LogP contribution >= 0.6 is 35.1 Å². The van der Waals surface area contributed by atoms with Gasteiger partial charge in [-0.2, -0.15) is 0 Å². The molecule has 1 saturated heterocycles. The van der Waals surface area contributed by atoms with Gasteiger partial charge in [-0.1, -0.05) is 46.8 Å². The predicted molar refractivity (Wildman–Crippen MR) is 87.4 cm³/mol. The maximum atomic E-state index is 14.2. The van der Waals surface area contributed by atoms with E-state index >= 15 is 0 Å². The van der Waals surface area contributed by atoms with Gasteiger partial charge in [-0.05, 0) is 42.1 Å². The molecule has 9 heteroatoms. The van der Waals surface area contributed by atoms with Crippen molar-refractivity contribution >= 4 is 46.9 Å². The number of carbonyl (C=O) groups excluding carboxylic acids is 1. The topological polar surface area (TPSA) is 36.0 Å². The van der Waals surface area contributed by atoms with Crippen LogP contribution in [0.3, 0.4) is 0 Å². The fourth-order valence-corrected chi connectivity index (χ4v) is 3.50. The predicted octanol–water partition coefficient (Wildman–Crippen LogP) is 4.43. The van der Waals surface area contributed by atoms with Crippen molar-refractivity contribution in [1.29, 1.82) is 0 Å². The summed E-state index contributed by atoms with van der Waals surface area (Å²) in [5.74, 6) is 0.604. The second kappa shape index (κ2) is 7.12. The lowest BCUT2D eigenvalue weighted by atomic mass is 10.1. The quantitative estimate of drug-likeness (QED) is 0.438. The molecule has 1 atom stereocenters. The third-order valence-corrected chi connectivity index (χ3v) is 4.38. The molecule has 1 aliphatic heterocycles. The van der Waals surface area contributed by atoms with Crippen molar-refractivity contribution in [3.05, 3.63) is 24.3 Å². The summed E-state index contributed by atoms with van der Waals surface area (Å²) in [5.41, 5.74) is 0.566. The van der Waals surface area contributed by atoms with Crippen molar-refractivity contribution in [3.63, 3.8) is 0 Å². The standard InChI is InChI=1S/C13H16Cl2FN3O2S/c1-8(2)11-17(9-4-6-10(21-3)7-5-9)13(20)18(16)19(11)22-12(14)15/h4-8,11-12H,1-3H3. The molecule has 22 heavy (non-hydrogen) atoms. The summed E-state index contributed by atoms with van der Waals surface area (Å²) in [6, 6.07) is 6.04. The average Bonchev–Trinajstić information content (AvgIpc) is 2.72. The van der Waals surface area contributed by atoms with E-state index in [1.807, 2.05) is 13.8 Å². The van der Waals surface area contributed by atoms with Crippen molar-refractivity contribution in [2.45, 2.75) is 24.2 Å². The molecule has 1 fully saturated rings. The number of alkyl halides is 2. The van der Waals surface area contributed by atoms with E-state index in [1.165, 1.54) is 4.90 Å². The molecule has 1 heterocycles. The molecular formula is C13H16Cl2FN3O2S. The molecule has 0 spiro atoms. The molecule has 0 bridgehead atoms. The monoisotopic (exact) mass is 367 g/mol. The molecule has 1 unspecified atom stereocenters. The van der Waals surface area contributed by atoms with Gasteiger partial charge >= 0.3 is 6.03 Å². The summed E-state index contributed by atoms with van der Waals surface area (Å²) in [5, 5.41) is 0.0390. The lowest BCUT2D eigenvalue weighted by Gasteiger charge is -2.30. The SMILES string of the molecule is COc1ccc(N2C(=O)N(F)N(SC(Cl)Cl)C2C(C)C)cc1. The fourth-order valence-electron chi connectivity index (χ4n) is 2.23. The number of hydrogen-bond donors (Lipinski definition) is 0.